The van der Waals surface area contributed by atoms with Crippen LogP contribution in [0.2, 0.25) is 0 Å². The fraction of sp³-hybridized carbons (Fsp3) is 0.960. The molecule has 0 amide bonds. The zero-order valence-electron chi connectivity index (χ0n) is 18.6. The van der Waals surface area contributed by atoms with E-state index in [1.165, 1.54) is 52.1 Å². The Balaban J connectivity index is 1.48. The smallest absolute Gasteiger partial charge is 0.305 e. The summed E-state index contributed by atoms with van der Waals surface area (Å²) in [6.07, 6.45) is 13.1. The lowest BCUT2D eigenvalue weighted by molar-refractivity contribution is -0.141. The van der Waals surface area contributed by atoms with Gasteiger partial charge in [0.05, 0.1) is 13.2 Å². The average Bonchev–Trinajstić information content (AvgIpc) is 3.03. The van der Waals surface area contributed by atoms with Gasteiger partial charge in [-0.05, 0) is 111 Å². The second kappa shape index (κ2) is 7.60. The van der Waals surface area contributed by atoms with Crippen molar-refractivity contribution in [1.29, 1.82) is 0 Å². The standard InChI is InChI=1S/C25H42O3/c1-16(5-10-23(27)28-4)20-8-9-21-19-7-6-17-15-18(26)11-13-24(17,2)22(19)12-14-25(20,21)3/h16-22,26H,5-15H2,1-4H3/t16-,17?,18-,19?,20-,21?,22?,24+,25-/m1/s1. The number of methoxy groups -OCH3 is 1. The summed E-state index contributed by atoms with van der Waals surface area (Å²) in [6.45, 7) is 7.56. The topological polar surface area (TPSA) is 46.5 Å². The molecule has 4 rings (SSSR count). The molecule has 0 saturated heterocycles. The Labute approximate surface area is 172 Å². The number of hydrogen-bond donors (Lipinski definition) is 1. The first-order valence-corrected chi connectivity index (χ1v) is 12.0. The Bertz CT molecular complexity index is 588. The van der Waals surface area contributed by atoms with E-state index in [2.05, 4.69) is 20.8 Å². The van der Waals surface area contributed by atoms with Gasteiger partial charge >= 0.3 is 5.97 Å². The number of aliphatic hydroxyl groups excluding tert-OH is 1. The molecule has 4 fully saturated rings. The first-order chi connectivity index (χ1) is 13.3. The number of rotatable bonds is 4. The highest BCUT2D eigenvalue weighted by Gasteiger charge is 2.60. The number of carbonyl (C=O) groups excluding carboxylic acids is 1. The summed E-state index contributed by atoms with van der Waals surface area (Å²) in [4.78, 5) is 11.6. The predicted molar refractivity (Wildman–Crippen MR) is 112 cm³/mol. The fourth-order valence-corrected chi connectivity index (χ4v) is 8.86. The molecule has 4 aliphatic carbocycles. The lowest BCUT2D eigenvalue weighted by Crippen LogP contribution is -2.54. The summed E-state index contributed by atoms with van der Waals surface area (Å²) >= 11 is 0. The highest BCUT2D eigenvalue weighted by Crippen LogP contribution is 2.68. The molecule has 0 spiro atoms. The first-order valence-electron chi connectivity index (χ1n) is 12.0. The number of carbonyl (C=O) groups is 1. The molecule has 1 N–H and O–H groups in total. The van der Waals surface area contributed by atoms with Crippen LogP contribution in [0.1, 0.15) is 91.4 Å². The van der Waals surface area contributed by atoms with Crippen molar-refractivity contribution in [1.82, 2.24) is 0 Å². The molecule has 9 atom stereocenters. The van der Waals surface area contributed by atoms with Gasteiger partial charge in [-0.25, -0.2) is 0 Å². The van der Waals surface area contributed by atoms with Crippen molar-refractivity contribution in [3.8, 4) is 0 Å². The van der Waals surface area contributed by atoms with Crippen molar-refractivity contribution in [2.75, 3.05) is 7.11 Å². The van der Waals surface area contributed by atoms with Crippen molar-refractivity contribution < 1.29 is 14.6 Å². The maximum Gasteiger partial charge on any atom is 0.305 e. The van der Waals surface area contributed by atoms with E-state index in [0.29, 0.717) is 23.2 Å². The minimum Gasteiger partial charge on any atom is -0.469 e. The molecule has 0 heterocycles. The van der Waals surface area contributed by atoms with Crippen LogP contribution in [0.15, 0.2) is 0 Å². The van der Waals surface area contributed by atoms with Crippen LogP contribution in [0, 0.1) is 46.3 Å². The van der Waals surface area contributed by atoms with Gasteiger partial charge < -0.3 is 9.84 Å². The molecule has 0 aromatic heterocycles. The number of esters is 1. The van der Waals surface area contributed by atoms with Gasteiger partial charge in [0.1, 0.15) is 0 Å². The van der Waals surface area contributed by atoms with Gasteiger partial charge in [-0.2, -0.15) is 0 Å². The Morgan fingerprint density at radius 1 is 1.04 bits per heavy atom. The molecule has 4 aliphatic rings. The Morgan fingerprint density at radius 2 is 1.75 bits per heavy atom. The molecule has 0 radical (unpaired) electrons. The van der Waals surface area contributed by atoms with Crippen LogP contribution in [-0.2, 0) is 9.53 Å². The van der Waals surface area contributed by atoms with Crippen molar-refractivity contribution >= 4 is 5.97 Å². The second-order valence-corrected chi connectivity index (χ2v) is 11.4. The lowest BCUT2D eigenvalue weighted by atomic mass is 9.44. The molecule has 28 heavy (non-hydrogen) atoms. The SMILES string of the molecule is COC(=O)CC[C@@H](C)[C@H]1CCC2C3CCC4C[C@H](O)CC[C@]4(C)C3CC[C@@]21C. The van der Waals surface area contributed by atoms with Gasteiger partial charge in [0.2, 0.25) is 0 Å². The van der Waals surface area contributed by atoms with E-state index in [9.17, 15) is 9.90 Å². The van der Waals surface area contributed by atoms with Crippen LogP contribution in [-0.4, -0.2) is 24.3 Å². The lowest BCUT2D eigenvalue weighted by Gasteiger charge is -2.61. The molecule has 0 aliphatic heterocycles. The highest BCUT2D eigenvalue weighted by molar-refractivity contribution is 5.69. The van der Waals surface area contributed by atoms with Crippen LogP contribution in [0.25, 0.3) is 0 Å². The van der Waals surface area contributed by atoms with E-state index in [1.54, 1.807) is 0 Å². The van der Waals surface area contributed by atoms with E-state index in [0.717, 1.165) is 48.9 Å². The van der Waals surface area contributed by atoms with Crippen LogP contribution < -0.4 is 0 Å². The van der Waals surface area contributed by atoms with Crippen molar-refractivity contribution in [2.45, 2.75) is 97.5 Å². The molecular formula is C25H42O3. The number of fused-ring (bicyclic) bond motifs is 5. The quantitative estimate of drug-likeness (QED) is 0.636. The number of ether oxygens (including phenoxy) is 1. The third-order valence-corrected chi connectivity index (χ3v) is 10.4. The zero-order chi connectivity index (χ0) is 20.1. The molecule has 160 valence electrons. The minimum absolute atomic E-state index is 0.0463. The molecule has 3 heteroatoms. The summed E-state index contributed by atoms with van der Waals surface area (Å²) in [5, 5.41) is 10.2. The van der Waals surface area contributed by atoms with E-state index in [4.69, 9.17) is 4.74 Å². The third kappa shape index (κ3) is 3.24. The summed E-state index contributed by atoms with van der Waals surface area (Å²) in [6, 6.07) is 0. The third-order valence-electron chi connectivity index (χ3n) is 10.4. The first kappa shape index (κ1) is 20.7. The Hall–Kier alpha value is -0.570. The van der Waals surface area contributed by atoms with Gasteiger partial charge in [-0.3, -0.25) is 4.79 Å². The maximum atomic E-state index is 11.6. The normalized spacial score (nSPS) is 48.9. The van der Waals surface area contributed by atoms with Crippen molar-refractivity contribution in [3.63, 3.8) is 0 Å². The van der Waals surface area contributed by atoms with Gasteiger partial charge in [-0.1, -0.05) is 20.8 Å². The van der Waals surface area contributed by atoms with Gasteiger partial charge in [0.25, 0.3) is 0 Å². The largest absolute Gasteiger partial charge is 0.469 e. The highest BCUT2D eigenvalue weighted by atomic mass is 16.5. The van der Waals surface area contributed by atoms with Gasteiger partial charge in [-0.15, -0.1) is 0 Å². The van der Waals surface area contributed by atoms with Crippen LogP contribution in [0.4, 0.5) is 0 Å². The van der Waals surface area contributed by atoms with Gasteiger partial charge in [0.15, 0.2) is 0 Å². The molecular weight excluding hydrogens is 348 g/mol. The van der Waals surface area contributed by atoms with Crippen LogP contribution in [0.5, 0.6) is 0 Å². The molecule has 4 unspecified atom stereocenters. The van der Waals surface area contributed by atoms with Crippen LogP contribution in [0.3, 0.4) is 0 Å². The minimum atomic E-state index is -0.0546. The summed E-state index contributed by atoms with van der Waals surface area (Å²) in [7, 11) is 1.50. The van der Waals surface area contributed by atoms with E-state index < -0.39 is 0 Å². The van der Waals surface area contributed by atoms with Crippen LogP contribution >= 0.6 is 0 Å². The van der Waals surface area contributed by atoms with E-state index >= 15 is 0 Å². The molecule has 3 nitrogen and oxygen atoms in total. The second-order valence-electron chi connectivity index (χ2n) is 11.4. The van der Waals surface area contributed by atoms with Crippen molar-refractivity contribution in [2.24, 2.45) is 46.3 Å². The number of aliphatic hydroxyl groups is 1. The zero-order valence-corrected chi connectivity index (χ0v) is 18.6. The molecule has 4 saturated carbocycles. The van der Waals surface area contributed by atoms with E-state index in [-0.39, 0.29) is 12.1 Å². The Morgan fingerprint density at radius 3 is 2.50 bits per heavy atom. The molecule has 0 aromatic carbocycles. The molecule has 0 aromatic rings. The van der Waals surface area contributed by atoms with E-state index in [1.807, 2.05) is 0 Å². The average molecular weight is 391 g/mol. The van der Waals surface area contributed by atoms with Gasteiger partial charge in [0, 0.05) is 6.42 Å². The summed E-state index contributed by atoms with van der Waals surface area (Å²) in [5.41, 5.74) is 0.937. The fourth-order valence-electron chi connectivity index (χ4n) is 8.86. The summed E-state index contributed by atoms with van der Waals surface area (Å²) < 4.78 is 4.88. The van der Waals surface area contributed by atoms with Crippen molar-refractivity contribution in [3.05, 3.63) is 0 Å². The molecule has 0 bridgehead atoms. The summed E-state index contributed by atoms with van der Waals surface area (Å²) in [5.74, 6) is 4.72. The Kier molecular flexibility index (Phi) is 5.61. The predicted octanol–water partition coefficient (Wildman–Crippen LogP) is 5.60. The monoisotopic (exact) mass is 390 g/mol. The number of hydrogen-bond acceptors (Lipinski definition) is 3. The maximum absolute atomic E-state index is 11.6.